The number of hydrogen-bond acceptors (Lipinski definition) is 3. The maximum atomic E-state index is 13.5. The van der Waals surface area contributed by atoms with Crippen LogP contribution in [0.4, 0.5) is 8.78 Å². The van der Waals surface area contributed by atoms with Crippen LogP contribution < -0.4 is 4.74 Å². The molecule has 0 aliphatic heterocycles. The molecular weight excluding hydrogens is 252 g/mol. The first-order valence-electron chi connectivity index (χ1n) is 5.71. The Hall–Kier alpha value is -2.01. The van der Waals surface area contributed by atoms with Gasteiger partial charge in [-0.05, 0) is 17.7 Å². The Morgan fingerprint density at radius 3 is 2.84 bits per heavy atom. The summed E-state index contributed by atoms with van der Waals surface area (Å²) in [6.07, 6.45) is 1.96. The van der Waals surface area contributed by atoms with Crippen molar-refractivity contribution in [1.29, 1.82) is 0 Å². The predicted molar refractivity (Wildman–Crippen MR) is 65.8 cm³/mol. The molecule has 1 atom stereocenters. The number of nitrogens with zero attached hydrogens (tertiary/aromatic N) is 1. The Morgan fingerprint density at radius 1 is 1.32 bits per heavy atom. The molecule has 5 heteroatoms. The summed E-state index contributed by atoms with van der Waals surface area (Å²) in [5.41, 5.74) is 0.610. The molecule has 2 rings (SSSR count). The van der Waals surface area contributed by atoms with Crippen LogP contribution in [0.2, 0.25) is 0 Å². The molecule has 0 spiro atoms. The van der Waals surface area contributed by atoms with Crippen LogP contribution in [0.5, 0.6) is 5.75 Å². The van der Waals surface area contributed by atoms with E-state index >= 15 is 0 Å². The van der Waals surface area contributed by atoms with Crippen molar-refractivity contribution >= 4 is 0 Å². The molecule has 100 valence electrons. The Morgan fingerprint density at radius 2 is 2.11 bits per heavy atom. The number of methoxy groups -OCH3 is 1. The summed E-state index contributed by atoms with van der Waals surface area (Å²) in [4.78, 5) is 3.91. The van der Waals surface area contributed by atoms with Crippen molar-refractivity contribution in [1.82, 2.24) is 4.98 Å². The number of aliphatic hydroxyl groups excluding tert-OH is 1. The first-order valence-corrected chi connectivity index (χ1v) is 5.71. The monoisotopic (exact) mass is 265 g/mol. The van der Waals surface area contributed by atoms with Crippen molar-refractivity contribution in [3.63, 3.8) is 0 Å². The van der Waals surface area contributed by atoms with Gasteiger partial charge < -0.3 is 9.84 Å². The molecule has 0 radical (unpaired) electrons. The highest BCUT2D eigenvalue weighted by atomic mass is 19.2. The van der Waals surface area contributed by atoms with E-state index in [2.05, 4.69) is 4.98 Å². The van der Waals surface area contributed by atoms with Crippen LogP contribution in [0.3, 0.4) is 0 Å². The number of halogens is 2. The number of aliphatic hydroxyl groups is 1. The largest absolute Gasteiger partial charge is 0.495 e. The third-order valence-corrected chi connectivity index (χ3v) is 2.80. The zero-order valence-electron chi connectivity index (χ0n) is 10.3. The van der Waals surface area contributed by atoms with Gasteiger partial charge in [0.25, 0.3) is 0 Å². The first kappa shape index (κ1) is 13.4. The maximum Gasteiger partial charge on any atom is 0.162 e. The Balaban J connectivity index is 2.20. The molecule has 0 saturated carbocycles. The molecular formula is C14H13F2NO2. The van der Waals surface area contributed by atoms with Gasteiger partial charge in [0.15, 0.2) is 11.6 Å². The predicted octanol–water partition coefficient (Wildman–Crippen LogP) is 2.64. The van der Waals surface area contributed by atoms with E-state index in [9.17, 15) is 13.9 Å². The van der Waals surface area contributed by atoms with E-state index in [1.807, 2.05) is 0 Å². The third-order valence-electron chi connectivity index (χ3n) is 2.80. The molecule has 19 heavy (non-hydrogen) atoms. The standard InChI is InChI=1S/C14H13F2NO2/c1-19-11-5-10(7-17-8-11)13(18)6-9-3-2-4-12(15)14(9)16/h2-5,7-8,13,18H,6H2,1H3. The second-order valence-corrected chi connectivity index (χ2v) is 4.09. The maximum absolute atomic E-state index is 13.5. The lowest BCUT2D eigenvalue weighted by molar-refractivity contribution is 0.176. The SMILES string of the molecule is COc1cncc(C(O)Cc2cccc(F)c2F)c1. The van der Waals surface area contributed by atoms with E-state index in [0.717, 1.165) is 6.07 Å². The smallest absolute Gasteiger partial charge is 0.162 e. The molecule has 0 bridgehead atoms. The van der Waals surface area contributed by atoms with Crippen LogP contribution >= 0.6 is 0 Å². The highest BCUT2D eigenvalue weighted by molar-refractivity contribution is 5.27. The number of rotatable bonds is 4. The minimum absolute atomic E-state index is 0.0293. The van der Waals surface area contributed by atoms with Gasteiger partial charge in [-0.1, -0.05) is 12.1 Å². The summed E-state index contributed by atoms with van der Waals surface area (Å²) in [6.45, 7) is 0. The van der Waals surface area contributed by atoms with Crippen molar-refractivity contribution in [3.05, 3.63) is 59.4 Å². The minimum atomic E-state index is -0.973. The first-order chi connectivity index (χ1) is 9.11. The molecule has 0 aliphatic carbocycles. The van der Waals surface area contributed by atoms with Crippen LogP contribution in [-0.2, 0) is 6.42 Å². The number of benzene rings is 1. The summed E-state index contributed by atoms with van der Waals surface area (Å²) < 4.78 is 31.5. The van der Waals surface area contributed by atoms with Crippen molar-refractivity contribution in [2.75, 3.05) is 7.11 Å². The lowest BCUT2D eigenvalue weighted by Gasteiger charge is -2.12. The van der Waals surface area contributed by atoms with Gasteiger partial charge in [-0.15, -0.1) is 0 Å². The molecule has 3 nitrogen and oxygen atoms in total. The second-order valence-electron chi connectivity index (χ2n) is 4.09. The van der Waals surface area contributed by atoms with Crippen LogP contribution in [0, 0.1) is 11.6 Å². The van der Waals surface area contributed by atoms with Gasteiger partial charge in [-0.25, -0.2) is 8.78 Å². The molecule has 1 N–H and O–H groups in total. The van der Waals surface area contributed by atoms with Crippen LogP contribution in [0.25, 0.3) is 0 Å². The molecule has 1 heterocycles. The second kappa shape index (κ2) is 5.75. The molecule has 0 amide bonds. The van der Waals surface area contributed by atoms with Gasteiger partial charge in [-0.3, -0.25) is 4.98 Å². The van der Waals surface area contributed by atoms with Gasteiger partial charge >= 0.3 is 0 Å². The Kier molecular flexibility index (Phi) is 4.06. The van der Waals surface area contributed by atoms with E-state index in [-0.39, 0.29) is 12.0 Å². The highest BCUT2D eigenvalue weighted by Crippen LogP contribution is 2.23. The Labute approximate surface area is 109 Å². The van der Waals surface area contributed by atoms with Crippen molar-refractivity contribution < 1.29 is 18.6 Å². The van der Waals surface area contributed by atoms with E-state index in [4.69, 9.17) is 4.74 Å². The topological polar surface area (TPSA) is 42.4 Å². The normalized spacial score (nSPS) is 12.2. The summed E-state index contributed by atoms with van der Waals surface area (Å²) in [6, 6.07) is 5.49. The zero-order chi connectivity index (χ0) is 13.8. The Bertz CT molecular complexity index is 575. The lowest BCUT2D eigenvalue weighted by Crippen LogP contribution is -2.05. The summed E-state index contributed by atoms with van der Waals surface area (Å²) in [7, 11) is 1.49. The van der Waals surface area contributed by atoms with E-state index in [1.165, 1.54) is 31.6 Å². The van der Waals surface area contributed by atoms with Crippen molar-refractivity contribution in [3.8, 4) is 5.75 Å². The van der Waals surface area contributed by atoms with Gasteiger partial charge in [0.1, 0.15) is 5.75 Å². The molecule has 1 unspecified atom stereocenters. The van der Waals surface area contributed by atoms with Crippen LogP contribution in [-0.4, -0.2) is 17.2 Å². The molecule has 0 saturated heterocycles. The van der Waals surface area contributed by atoms with E-state index in [1.54, 1.807) is 6.07 Å². The lowest BCUT2D eigenvalue weighted by atomic mass is 10.0. The number of ether oxygens (including phenoxy) is 1. The zero-order valence-corrected chi connectivity index (χ0v) is 10.3. The quantitative estimate of drug-likeness (QED) is 0.924. The molecule has 1 aromatic carbocycles. The highest BCUT2D eigenvalue weighted by Gasteiger charge is 2.14. The summed E-state index contributed by atoms with van der Waals surface area (Å²) >= 11 is 0. The van der Waals surface area contributed by atoms with Gasteiger partial charge in [0.2, 0.25) is 0 Å². The molecule has 1 aromatic heterocycles. The minimum Gasteiger partial charge on any atom is -0.495 e. The molecule has 0 fully saturated rings. The van der Waals surface area contributed by atoms with Gasteiger partial charge in [0.05, 0.1) is 19.4 Å². The average molecular weight is 265 g/mol. The number of pyridine rings is 1. The molecule has 2 aromatic rings. The fraction of sp³-hybridized carbons (Fsp3) is 0.214. The van der Waals surface area contributed by atoms with Gasteiger partial charge in [-0.2, -0.15) is 0 Å². The fourth-order valence-electron chi connectivity index (χ4n) is 1.76. The molecule has 0 aliphatic rings. The van der Waals surface area contributed by atoms with E-state index in [0.29, 0.717) is 11.3 Å². The van der Waals surface area contributed by atoms with Crippen molar-refractivity contribution in [2.45, 2.75) is 12.5 Å². The number of hydrogen-bond donors (Lipinski definition) is 1. The third kappa shape index (κ3) is 3.06. The average Bonchev–Trinajstić information content (AvgIpc) is 2.44. The summed E-state index contributed by atoms with van der Waals surface area (Å²) in [5.74, 6) is -1.36. The fourth-order valence-corrected chi connectivity index (χ4v) is 1.76. The van der Waals surface area contributed by atoms with Gasteiger partial charge in [0, 0.05) is 18.2 Å². The van der Waals surface area contributed by atoms with E-state index < -0.39 is 17.7 Å². The number of aromatic nitrogens is 1. The summed E-state index contributed by atoms with van der Waals surface area (Å²) in [5, 5.41) is 10.0. The van der Waals surface area contributed by atoms with Crippen LogP contribution in [0.15, 0.2) is 36.7 Å². The van der Waals surface area contributed by atoms with Crippen molar-refractivity contribution in [2.24, 2.45) is 0 Å². The van der Waals surface area contributed by atoms with Crippen LogP contribution in [0.1, 0.15) is 17.2 Å².